The molecule has 0 unspecified atom stereocenters. The van der Waals surface area contributed by atoms with Crippen molar-refractivity contribution in [3.8, 4) is 45.8 Å². The van der Waals surface area contributed by atoms with Gasteiger partial charge in [-0.05, 0) is 65.7 Å². The van der Waals surface area contributed by atoms with Gasteiger partial charge in [0, 0.05) is 32.7 Å². The largest absolute Gasteiger partial charge is 0.456 e. The smallest absolute Gasteiger partial charge is 0.136 e. The Bertz CT molecular complexity index is 2450. The molecule has 5 aromatic carbocycles. The molecule has 0 aliphatic carbocycles. The molecule has 0 aliphatic rings. The first-order valence-corrected chi connectivity index (χ1v) is 13.9. The van der Waals surface area contributed by atoms with Gasteiger partial charge in [-0.15, -0.1) is 0 Å². The minimum atomic E-state index is 0.441. The Balaban J connectivity index is 1.32. The molecule has 0 bridgehead atoms. The zero-order valence-corrected chi connectivity index (χ0v) is 22.7. The zero-order chi connectivity index (χ0) is 28.9. The van der Waals surface area contributed by atoms with Crippen molar-refractivity contribution in [1.29, 1.82) is 10.5 Å². The van der Waals surface area contributed by atoms with Crippen LogP contribution < -0.4 is 0 Å². The van der Waals surface area contributed by atoms with Crippen molar-refractivity contribution in [2.24, 2.45) is 0 Å². The second-order valence-corrected chi connectivity index (χ2v) is 10.5. The van der Waals surface area contributed by atoms with E-state index in [1.807, 2.05) is 66.7 Å². The Kier molecular flexibility index (Phi) is 5.50. The highest BCUT2D eigenvalue weighted by Crippen LogP contribution is 2.39. The average molecular weight is 549 g/mol. The van der Waals surface area contributed by atoms with E-state index in [1.54, 1.807) is 6.07 Å². The Labute approximate surface area is 246 Å². The summed E-state index contributed by atoms with van der Waals surface area (Å²) >= 11 is 0. The summed E-state index contributed by atoms with van der Waals surface area (Å²) in [6.45, 7) is 0. The van der Waals surface area contributed by atoms with Crippen LogP contribution in [0.25, 0.3) is 77.4 Å². The number of nitrogens with zero attached hydrogens (tertiary/aromatic N) is 4. The van der Waals surface area contributed by atoms with Gasteiger partial charge < -0.3 is 4.42 Å². The zero-order valence-electron chi connectivity index (χ0n) is 22.7. The quantitative estimate of drug-likeness (QED) is 0.205. The van der Waals surface area contributed by atoms with Crippen LogP contribution in [0.5, 0.6) is 0 Å². The fourth-order valence-corrected chi connectivity index (χ4v) is 5.84. The third-order valence-electron chi connectivity index (χ3n) is 7.88. The molecule has 0 aliphatic heterocycles. The molecule has 8 aromatic rings. The number of fused-ring (bicyclic) bond motifs is 6. The van der Waals surface area contributed by atoms with Crippen molar-refractivity contribution in [1.82, 2.24) is 9.97 Å². The van der Waals surface area contributed by atoms with E-state index in [1.165, 1.54) is 0 Å². The highest BCUT2D eigenvalue weighted by Gasteiger charge is 2.16. The molecule has 43 heavy (non-hydrogen) atoms. The van der Waals surface area contributed by atoms with Crippen LogP contribution in [0.15, 0.2) is 126 Å². The van der Waals surface area contributed by atoms with Crippen molar-refractivity contribution in [3.63, 3.8) is 0 Å². The third kappa shape index (κ3) is 4.08. The first-order chi connectivity index (χ1) is 21.2. The van der Waals surface area contributed by atoms with Crippen LogP contribution in [-0.2, 0) is 0 Å². The first-order valence-electron chi connectivity index (χ1n) is 13.9. The van der Waals surface area contributed by atoms with Crippen molar-refractivity contribution in [2.75, 3.05) is 0 Å². The number of hydrogen-bond donors (Lipinski definition) is 0. The molecular formula is C38H20N4O. The van der Waals surface area contributed by atoms with E-state index in [-0.39, 0.29) is 0 Å². The summed E-state index contributed by atoms with van der Waals surface area (Å²) in [5, 5.41) is 23.1. The summed E-state index contributed by atoms with van der Waals surface area (Å²) in [5.74, 6) is 0. The molecule has 0 amide bonds. The van der Waals surface area contributed by atoms with E-state index < -0.39 is 0 Å². The topological polar surface area (TPSA) is 86.5 Å². The SMILES string of the molecule is N#Cc1cc(C#N)cc(-c2cccc3oc4ccc(-c5ccc6ccc7ccc(-c8ccccc8)nc7c6n5)cc4c23)c1. The standard InChI is InChI=1S/C38H20N4O/c39-21-23-17-24(22-40)19-29(18-23)30-7-4-8-35-36(30)31-20-28(13-16-34(31)43-35)33-15-12-27-10-9-26-11-14-32(25-5-2-1-3-6-25)41-37(26)38(27)42-33/h1-20H. The van der Waals surface area contributed by atoms with Crippen molar-refractivity contribution in [2.45, 2.75) is 0 Å². The van der Waals surface area contributed by atoms with E-state index in [2.05, 4.69) is 60.7 Å². The average Bonchev–Trinajstić information content (AvgIpc) is 3.46. The molecule has 0 spiro atoms. The summed E-state index contributed by atoms with van der Waals surface area (Å²) in [6, 6.07) is 44.2. The number of aromatic nitrogens is 2. The van der Waals surface area contributed by atoms with E-state index in [0.29, 0.717) is 11.1 Å². The number of pyridine rings is 2. The van der Waals surface area contributed by atoms with Crippen LogP contribution in [0.2, 0.25) is 0 Å². The lowest BCUT2D eigenvalue weighted by Gasteiger charge is -2.09. The van der Waals surface area contributed by atoms with Gasteiger partial charge in [0.2, 0.25) is 0 Å². The molecule has 5 heteroatoms. The molecule has 198 valence electrons. The summed E-state index contributed by atoms with van der Waals surface area (Å²) < 4.78 is 6.24. The number of nitriles is 2. The summed E-state index contributed by atoms with van der Waals surface area (Å²) in [5.41, 5.74) is 9.54. The summed E-state index contributed by atoms with van der Waals surface area (Å²) in [7, 11) is 0. The monoisotopic (exact) mass is 548 g/mol. The molecular weight excluding hydrogens is 528 g/mol. The second kappa shape index (κ2) is 9.66. The van der Waals surface area contributed by atoms with Gasteiger partial charge in [-0.25, -0.2) is 9.97 Å². The fraction of sp³-hybridized carbons (Fsp3) is 0. The number of hydrogen-bond acceptors (Lipinski definition) is 5. The van der Waals surface area contributed by atoms with Crippen LogP contribution in [0, 0.1) is 22.7 Å². The van der Waals surface area contributed by atoms with Gasteiger partial charge in [-0.3, -0.25) is 0 Å². The maximum Gasteiger partial charge on any atom is 0.136 e. The normalized spacial score (nSPS) is 11.2. The molecule has 0 fully saturated rings. The maximum absolute atomic E-state index is 9.56. The molecule has 0 N–H and O–H groups in total. The molecule has 0 radical (unpaired) electrons. The Morgan fingerprint density at radius 2 is 1.16 bits per heavy atom. The summed E-state index contributed by atoms with van der Waals surface area (Å²) in [6.07, 6.45) is 0. The van der Waals surface area contributed by atoms with E-state index >= 15 is 0 Å². The molecule has 0 atom stereocenters. The van der Waals surface area contributed by atoms with Gasteiger partial charge >= 0.3 is 0 Å². The van der Waals surface area contributed by atoms with E-state index in [0.717, 1.165) is 77.4 Å². The Morgan fingerprint density at radius 3 is 1.84 bits per heavy atom. The number of rotatable bonds is 3. The van der Waals surface area contributed by atoms with Crippen LogP contribution >= 0.6 is 0 Å². The molecule has 5 nitrogen and oxygen atoms in total. The van der Waals surface area contributed by atoms with Gasteiger partial charge in [0.05, 0.1) is 45.7 Å². The Hall–Kier alpha value is -6.30. The highest BCUT2D eigenvalue weighted by molar-refractivity contribution is 6.13. The molecule has 8 rings (SSSR count). The minimum absolute atomic E-state index is 0.441. The minimum Gasteiger partial charge on any atom is -0.456 e. The maximum atomic E-state index is 9.56. The highest BCUT2D eigenvalue weighted by atomic mass is 16.3. The first kappa shape index (κ1) is 24.5. The Morgan fingerprint density at radius 1 is 0.512 bits per heavy atom. The predicted octanol–water partition coefficient (Wildman–Crippen LogP) is 9.43. The van der Waals surface area contributed by atoms with Crippen LogP contribution in [0.3, 0.4) is 0 Å². The molecule has 0 saturated carbocycles. The molecule has 0 saturated heterocycles. The fourth-order valence-electron chi connectivity index (χ4n) is 5.84. The molecule has 3 heterocycles. The summed E-state index contributed by atoms with van der Waals surface area (Å²) in [4.78, 5) is 10.2. The van der Waals surface area contributed by atoms with Gasteiger partial charge in [0.1, 0.15) is 11.2 Å². The number of furan rings is 1. The van der Waals surface area contributed by atoms with Crippen molar-refractivity contribution < 1.29 is 4.42 Å². The van der Waals surface area contributed by atoms with Crippen LogP contribution in [0.1, 0.15) is 11.1 Å². The van der Waals surface area contributed by atoms with Crippen molar-refractivity contribution >= 4 is 43.7 Å². The van der Waals surface area contributed by atoms with Crippen LogP contribution in [0.4, 0.5) is 0 Å². The second-order valence-electron chi connectivity index (χ2n) is 10.5. The predicted molar refractivity (Wildman–Crippen MR) is 170 cm³/mol. The van der Waals surface area contributed by atoms with E-state index in [9.17, 15) is 10.5 Å². The van der Waals surface area contributed by atoms with Gasteiger partial charge in [0.25, 0.3) is 0 Å². The third-order valence-corrected chi connectivity index (χ3v) is 7.88. The molecule has 3 aromatic heterocycles. The van der Waals surface area contributed by atoms with Crippen LogP contribution in [-0.4, -0.2) is 9.97 Å². The van der Waals surface area contributed by atoms with Crippen molar-refractivity contribution in [3.05, 3.63) is 132 Å². The lowest BCUT2D eigenvalue weighted by atomic mass is 9.95. The lowest BCUT2D eigenvalue weighted by Crippen LogP contribution is -1.91. The van der Waals surface area contributed by atoms with Gasteiger partial charge in [0.15, 0.2) is 0 Å². The van der Waals surface area contributed by atoms with Gasteiger partial charge in [-0.1, -0.05) is 66.7 Å². The van der Waals surface area contributed by atoms with E-state index in [4.69, 9.17) is 14.4 Å². The number of benzene rings is 5. The van der Waals surface area contributed by atoms with Gasteiger partial charge in [-0.2, -0.15) is 10.5 Å². The lowest BCUT2D eigenvalue weighted by molar-refractivity contribution is 0.669.